The molecule has 0 aliphatic carbocycles. The van der Waals surface area contributed by atoms with Gasteiger partial charge in [0, 0.05) is 19.3 Å². The summed E-state index contributed by atoms with van der Waals surface area (Å²) in [4.78, 5) is 18.4. The molecule has 3 rings (SSSR count). The van der Waals surface area contributed by atoms with Crippen molar-refractivity contribution in [1.82, 2.24) is 10.3 Å². The van der Waals surface area contributed by atoms with Crippen molar-refractivity contribution >= 4 is 23.3 Å². The van der Waals surface area contributed by atoms with Gasteiger partial charge in [0.15, 0.2) is 11.5 Å². The van der Waals surface area contributed by atoms with E-state index in [9.17, 15) is 18.0 Å². The van der Waals surface area contributed by atoms with E-state index in [0.29, 0.717) is 36.6 Å². The predicted molar refractivity (Wildman–Crippen MR) is 113 cm³/mol. The lowest BCUT2D eigenvalue weighted by Crippen LogP contribution is -2.43. The SMILES string of the molecule is COc1cc(CNC(=O)C2CCCN2c2ncc(C(F)(F)F)cc2Cl)cc(OC)c1OC. The normalized spacial score (nSPS) is 16.1. The lowest BCUT2D eigenvalue weighted by Gasteiger charge is -2.26. The van der Waals surface area contributed by atoms with Gasteiger partial charge in [0.2, 0.25) is 11.7 Å². The van der Waals surface area contributed by atoms with Gasteiger partial charge in [0.1, 0.15) is 11.9 Å². The number of benzene rings is 1. The van der Waals surface area contributed by atoms with Crippen molar-refractivity contribution in [3.8, 4) is 17.2 Å². The van der Waals surface area contributed by atoms with E-state index in [1.165, 1.54) is 21.3 Å². The summed E-state index contributed by atoms with van der Waals surface area (Å²) in [6.07, 6.45) is -2.61. The van der Waals surface area contributed by atoms with Crippen molar-refractivity contribution in [3.05, 3.63) is 40.5 Å². The number of pyridine rings is 1. The molecular formula is C21H23ClF3N3O4. The molecule has 1 unspecified atom stereocenters. The summed E-state index contributed by atoms with van der Waals surface area (Å²) >= 11 is 6.08. The van der Waals surface area contributed by atoms with Crippen molar-refractivity contribution in [2.24, 2.45) is 0 Å². The van der Waals surface area contributed by atoms with Crippen LogP contribution in [0.2, 0.25) is 5.02 Å². The van der Waals surface area contributed by atoms with Crippen LogP contribution in [0.1, 0.15) is 24.0 Å². The molecule has 1 atom stereocenters. The van der Waals surface area contributed by atoms with Gasteiger partial charge in [-0.05, 0) is 36.6 Å². The van der Waals surface area contributed by atoms with Gasteiger partial charge >= 0.3 is 6.18 Å². The van der Waals surface area contributed by atoms with E-state index in [4.69, 9.17) is 25.8 Å². The molecule has 1 aromatic heterocycles. The maximum Gasteiger partial charge on any atom is 0.417 e. The molecule has 2 heterocycles. The Morgan fingerprint density at radius 2 is 1.84 bits per heavy atom. The highest BCUT2D eigenvalue weighted by molar-refractivity contribution is 6.33. The first kappa shape index (κ1) is 23.8. The highest BCUT2D eigenvalue weighted by Crippen LogP contribution is 2.38. The molecule has 0 bridgehead atoms. The molecule has 2 aromatic rings. The van der Waals surface area contributed by atoms with Crippen LogP contribution in [0, 0.1) is 0 Å². The first-order valence-corrected chi connectivity index (χ1v) is 10.1. The molecule has 0 saturated carbocycles. The maximum atomic E-state index is 12.9. The minimum atomic E-state index is -4.54. The molecule has 7 nitrogen and oxygen atoms in total. The summed E-state index contributed by atoms with van der Waals surface area (Å²) in [5, 5.41) is 2.70. The monoisotopic (exact) mass is 473 g/mol. The number of nitrogens with zero attached hydrogens (tertiary/aromatic N) is 2. The molecule has 1 aliphatic rings. The number of nitrogens with one attached hydrogen (secondary N) is 1. The Balaban J connectivity index is 1.74. The van der Waals surface area contributed by atoms with Gasteiger partial charge in [-0.3, -0.25) is 4.79 Å². The second-order valence-electron chi connectivity index (χ2n) is 7.13. The van der Waals surface area contributed by atoms with E-state index in [-0.39, 0.29) is 23.3 Å². The summed E-state index contributed by atoms with van der Waals surface area (Å²) in [6.45, 7) is 0.647. The minimum Gasteiger partial charge on any atom is -0.493 e. The van der Waals surface area contributed by atoms with Gasteiger partial charge in [-0.15, -0.1) is 0 Å². The summed E-state index contributed by atoms with van der Waals surface area (Å²) in [5.41, 5.74) is -0.211. The lowest BCUT2D eigenvalue weighted by atomic mass is 10.1. The van der Waals surface area contributed by atoms with E-state index < -0.39 is 17.8 Å². The van der Waals surface area contributed by atoms with Gasteiger partial charge in [-0.1, -0.05) is 11.6 Å². The molecule has 1 aromatic carbocycles. The topological polar surface area (TPSA) is 72.9 Å². The van der Waals surface area contributed by atoms with Crippen molar-refractivity contribution in [2.75, 3.05) is 32.8 Å². The summed E-state index contributed by atoms with van der Waals surface area (Å²) in [7, 11) is 4.49. The third-order valence-corrected chi connectivity index (χ3v) is 5.45. The van der Waals surface area contributed by atoms with Crippen LogP contribution in [0.15, 0.2) is 24.4 Å². The van der Waals surface area contributed by atoms with Crippen LogP contribution in [0.3, 0.4) is 0 Å². The minimum absolute atomic E-state index is 0.149. The number of carbonyl (C=O) groups excluding carboxylic acids is 1. The van der Waals surface area contributed by atoms with E-state index >= 15 is 0 Å². The first-order valence-electron chi connectivity index (χ1n) is 9.75. The van der Waals surface area contributed by atoms with Crippen LogP contribution in [-0.2, 0) is 17.5 Å². The van der Waals surface area contributed by atoms with E-state index in [2.05, 4.69) is 10.3 Å². The third kappa shape index (κ3) is 4.95. The number of carbonyl (C=O) groups is 1. The molecule has 11 heteroatoms. The molecule has 1 saturated heterocycles. The van der Waals surface area contributed by atoms with Crippen molar-refractivity contribution in [3.63, 3.8) is 0 Å². The number of amides is 1. The smallest absolute Gasteiger partial charge is 0.417 e. The van der Waals surface area contributed by atoms with E-state index in [1.807, 2.05) is 0 Å². The number of aromatic nitrogens is 1. The molecule has 0 spiro atoms. The highest BCUT2D eigenvalue weighted by Gasteiger charge is 2.35. The van der Waals surface area contributed by atoms with Crippen LogP contribution >= 0.6 is 11.6 Å². The van der Waals surface area contributed by atoms with Crippen LogP contribution in [0.4, 0.5) is 19.0 Å². The summed E-state index contributed by atoms with van der Waals surface area (Å²) in [5.74, 6) is 1.23. The molecule has 1 aliphatic heterocycles. The van der Waals surface area contributed by atoms with Crippen molar-refractivity contribution < 1.29 is 32.2 Å². The maximum absolute atomic E-state index is 12.9. The molecular weight excluding hydrogens is 451 g/mol. The van der Waals surface area contributed by atoms with Gasteiger partial charge in [0.05, 0.1) is 31.9 Å². The van der Waals surface area contributed by atoms with Gasteiger partial charge in [-0.2, -0.15) is 13.2 Å². The molecule has 1 fully saturated rings. The van der Waals surface area contributed by atoms with Gasteiger partial charge < -0.3 is 24.4 Å². The Labute approximate surface area is 188 Å². The van der Waals surface area contributed by atoms with Crippen LogP contribution in [0.25, 0.3) is 0 Å². The largest absolute Gasteiger partial charge is 0.493 e. The first-order chi connectivity index (χ1) is 15.2. The van der Waals surface area contributed by atoms with Gasteiger partial charge in [0.25, 0.3) is 0 Å². The van der Waals surface area contributed by atoms with Crippen LogP contribution < -0.4 is 24.4 Å². The Bertz CT molecular complexity index is 962. The number of anilines is 1. The fraction of sp³-hybridized carbons (Fsp3) is 0.429. The van der Waals surface area contributed by atoms with Gasteiger partial charge in [-0.25, -0.2) is 4.98 Å². The zero-order valence-corrected chi connectivity index (χ0v) is 18.5. The molecule has 1 amide bonds. The van der Waals surface area contributed by atoms with Crippen LogP contribution in [-0.4, -0.2) is 44.8 Å². The Hall–Kier alpha value is -2.88. The lowest BCUT2D eigenvalue weighted by molar-refractivity contribution is -0.137. The summed E-state index contributed by atoms with van der Waals surface area (Å²) in [6, 6.07) is 3.68. The fourth-order valence-corrected chi connectivity index (χ4v) is 3.91. The highest BCUT2D eigenvalue weighted by atomic mass is 35.5. The number of rotatable bonds is 7. The molecule has 0 radical (unpaired) electrons. The Morgan fingerprint density at radius 3 is 2.38 bits per heavy atom. The average Bonchev–Trinajstić information content (AvgIpc) is 3.25. The number of methoxy groups -OCH3 is 3. The number of halogens is 4. The van der Waals surface area contributed by atoms with Crippen molar-refractivity contribution in [2.45, 2.75) is 31.6 Å². The second-order valence-corrected chi connectivity index (χ2v) is 7.54. The van der Waals surface area contributed by atoms with E-state index in [0.717, 1.165) is 17.8 Å². The number of ether oxygens (including phenoxy) is 3. The number of hydrogen-bond acceptors (Lipinski definition) is 6. The predicted octanol–water partition coefficient (Wildman–Crippen LogP) is 4.06. The number of hydrogen-bond donors (Lipinski definition) is 1. The zero-order valence-electron chi connectivity index (χ0n) is 17.8. The Kier molecular flexibility index (Phi) is 7.22. The molecule has 174 valence electrons. The third-order valence-electron chi connectivity index (χ3n) is 5.17. The average molecular weight is 474 g/mol. The summed E-state index contributed by atoms with van der Waals surface area (Å²) < 4.78 is 54.6. The van der Waals surface area contributed by atoms with Crippen molar-refractivity contribution in [1.29, 1.82) is 0 Å². The second kappa shape index (κ2) is 9.72. The van der Waals surface area contributed by atoms with Crippen LogP contribution in [0.5, 0.6) is 17.2 Å². The zero-order chi connectivity index (χ0) is 23.5. The fourth-order valence-electron chi connectivity index (χ4n) is 3.63. The quantitative estimate of drug-likeness (QED) is 0.653. The van der Waals surface area contributed by atoms with E-state index in [1.54, 1.807) is 17.0 Å². The number of alkyl halides is 3. The molecule has 1 N–H and O–H groups in total. The standard InChI is InChI=1S/C21H23ClF3N3O4/c1-30-16-7-12(8-17(31-2)18(16)32-3)10-27-20(29)15-5-4-6-28(15)19-14(22)9-13(11-26-19)21(23,24)25/h7-9,11,15H,4-6,10H2,1-3H3,(H,27,29). The molecule has 32 heavy (non-hydrogen) atoms. The Morgan fingerprint density at radius 1 is 1.19 bits per heavy atom.